The molecule has 0 aromatic heterocycles. The smallest absolute Gasteiger partial charge is 0.164 e. The largest absolute Gasteiger partial charge is 0.394 e. The maximum Gasteiger partial charge on any atom is 0.164 e. The second-order valence-electron chi connectivity index (χ2n) is 4.04. The van der Waals surface area contributed by atoms with Crippen LogP contribution in [0.1, 0.15) is 13.8 Å². The molecule has 1 rings (SSSR count). The Morgan fingerprint density at radius 3 is 2.33 bits per heavy atom. The molecule has 0 spiro atoms. The minimum Gasteiger partial charge on any atom is -0.394 e. The number of ether oxygens (including phenoxy) is 2. The highest BCUT2D eigenvalue weighted by molar-refractivity contribution is 4.96. The number of hydrogen-bond acceptors (Lipinski definition) is 5. The van der Waals surface area contributed by atoms with Crippen LogP contribution in [0.15, 0.2) is 12.7 Å². The lowest BCUT2D eigenvalue weighted by atomic mass is 10.0. The Balaban J connectivity index is 2.78. The molecule has 1 aliphatic heterocycles. The van der Waals surface area contributed by atoms with E-state index in [1.54, 1.807) is 13.8 Å². The first-order valence-electron chi connectivity index (χ1n) is 4.86. The summed E-state index contributed by atoms with van der Waals surface area (Å²) in [5, 5.41) is 27.9. The lowest BCUT2D eigenvalue weighted by molar-refractivity contribution is -0.160. The highest BCUT2D eigenvalue weighted by atomic mass is 16.8. The van der Waals surface area contributed by atoms with Gasteiger partial charge >= 0.3 is 0 Å². The average Bonchev–Trinajstić information content (AvgIpc) is 2.52. The quantitative estimate of drug-likeness (QED) is 0.549. The van der Waals surface area contributed by atoms with E-state index in [0.29, 0.717) is 0 Å². The number of aliphatic hydroxyl groups is 3. The van der Waals surface area contributed by atoms with Crippen molar-refractivity contribution in [3.63, 3.8) is 0 Å². The van der Waals surface area contributed by atoms with E-state index in [1.165, 1.54) is 6.08 Å². The summed E-state index contributed by atoms with van der Waals surface area (Å²) in [4.78, 5) is 0. The van der Waals surface area contributed by atoms with Crippen LogP contribution in [-0.4, -0.2) is 52.1 Å². The van der Waals surface area contributed by atoms with Gasteiger partial charge in [0.15, 0.2) is 5.79 Å². The monoisotopic (exact) mass is 218 g/mol. The molecule has 1 aliphatic rings. The van der Waals surface area contributed by atoms with E-state index < -0.39 is 36.8 Å². The van der Waals surface area contributed by atoms with Gasteiger partial charge < -0.3 is 24.8 Å². The maximum atomic E-state index is 9.59. The van der Waals surface area contributed by atoms with E-state index >= 15 is 0 Å². The second kappa shape index (κ2) is 4.59. The molecule has 1 heterocycles. The third-order valence-electron chi connectivity index (χ3n) is 2.31. The molecule has 4 atom stereocenters. The van der Waals surface area contributed by atoms with Crippen LogP contribution in [0.4, 0.5) is 0 Å². The molecule has 3 N–H and O–H groups in total. The van der Waals surface area contributed by atoms with Crippen LogP contribution in [0.3, 0.4) is 0 Å². The Morgan fingerprint density at radius 1 is 1.33 bits per heavy atom. The first-order chi connectivity index (χ1) is 6.91. The van der Waals surface area contributed by atoms with Gasteiger partial charge in [-0.1, -0.05) is 6.08 Å². The fourth-order valence-corrected chi connectivity index (χ4v) is 1.62. The average molecular weight is 218 g/mol. The van der Waals surface area contributed by atoms with E-state index in [9.17, 15) is 10.2 Å². The summed E-state index contributed by atoms with van der Waals surface area (Å²) in [6, 6.07) is 0. The molecule has 0 bridgehead atoms. The zero-order valence-corrected chi connectivity index (χ0v) is 8.96. The van der Waals surface area contributed by atoms with Crippen LogP contribution in [0.25, 0.3) is 0 Å². The molecule has 88 valence electrons. The predicted octanol–water partition coefficient (Wildman–Crippen LogP) is -0.593. The lowest BCUT2D eigenvalue weighted by Gasteiger charge is -2.22. The summed E-state index contributed by atoms with van der Waals surface area (Å²) in [6.07, 6.45) is -2.16. The van der Waals surface area contributed by atoms with Gasteiger partial charge in [0.2, 0.25) is 0 Å². The molecule has 5 heteroatoms. The standard InChI is InChI=1S/C10H18O5/c1-4-6(12)8-9(7(13)5-11)15-10(2,3)14-8/h4,6-9,11-13H,1,5H2,2-3H3/t6-,7+,8?,9+/m1/s1. The van der Waals surface area contributed by atoms with Crippen molar-refractivity contribution in [2.24, 2.45) is 0 Å². The third-order valence-corrected chi connectivity index (χ3v) is 2.31. The van der Waals surface area contributed by atoms with Crippen LogP contribution in [0.5, 0.6) is 0 Å². The fraction of sp³-hybridized carbons (Fsp3) is 0.800. The number of aliphatic hydroxyl groups excluding tert-OH is 3. The lowest BCUT2D eigenvalue weighted by Crippen LogP contribution is -2.43. The summed E-state index contributed by atoms with van der Waals surface area (Å²) in [5.74, 6) is -0.879. The number of rotatable bonds is 4. The molecule has 0 aromatic carbocycles. The molecule has 1 fully saturated rings. The van der Waals surface area contributed by atoms with Crippen molar-refractivity contribution in [2.45, 2.75) is 44.1 Å². The van der Waals surface area contributed by atoms with Gasteiger partial charge in [0.25, 0.3) is 0 Å². The summed E-state index contributed by atoms with van der Waals surface area (Å²) in [5.41, 5.74) is 0. The van der Waals surface area contributed by atoms with Gasteiger partial charge in [0.05, 0.1) is 6.61 Å². The Hall–Kier alpha value is -0.460. The van der Waals surface area contributed by atoms with Gasteiger partial charge in [0.1, 0.15) is 24.4 Å². The first-order valence-corrected chi connectivity index (χ1v) is 4.86. The zero-order chi connectivity index (χ0) is 11.6. The van der Waals surface area contributed by atoms with Crippen molar-refractivity contribution in [3.05, 3.63) is 12.7 Å². The summed E-state index contributed by atoms with van der Waals surface area (Å²) < 4.78 is 10.8. The van der Waals surface area contributed by atoms with Crippen LogP contribution in [0.2, 0.25) is 0 Å². The molecule has 0 aliphatic carbocycles. The Bertz CT molecular complexity index is 228. The van der Waals surface area contributed by atoms with Crippen LogP contribution in [-0.2, 0) is 9.47 Å². The first kappa shape index (κ1) is 12.6. The molecule has 15 heavy (non-hydrogen) atoms. The maximum absolute atomic E-state index is 9.59. The molecule has 5 nitrogen and oxygen atoms in total. The Kier molecular flexibility index (Phi) is 3.86. The highest BCUT2D eigenvalue weighted by Gasteiger charge is 2.46. The van der Waals surface area contributed by atoms with Gasteiger partial charge in [-0.15, -0.1) is 6.58 Å². The van der Waals surface area contributed by atoms with E-state index in [1.807, 2.05) is 0 Å². The van der Waals surface area contributed by atoms with Gasteiger partial charge in [-0.2, -0.15) is 0 Å². The van der Waals surface area contributed by atoms with Gasteiger partial charge in [-0.3, -0.25) is 0 Å². The van der Waals surface area contributed by atoms with Crippen molar-refractivity contribution in [1.29, 1.82) is 0 Å². The Labute approximate surface area is 88.9 Å². The van der Waals surface area contributed by atoms with E-state index in [0.717, 1.165) is 0 Å². The fourth-order valence-electron chi connectivity index (χ4n) is 1.62. The molecule has 0 saturated carbocycles. The van der Waals surface area contributed by atoms with Crippen LogP contribution < -0.4 is 0 Å². The molecule has 1 saturated heterocycles. The predicted molar refractivity (Wildman–Crippen MR) is 53.1 cm³/mol. The second-order valence-corrected chi connectivity index (χ2v) is 4.04. The summed E-state index contributed by atoms with van der Waals surface area (Å²) in [7, 11) is 0. The molecular formula is C10H18O5. The SMILES string of the molecule is C=C[C@@H](O)C1OC(C)(C)O[C@H]1[C@@H](O)CO. The minimum absolute atomic E-state index is 0.440. The van der Waals surface area contributed by atoms with Crippen molar-refractivity contribution in [2.75, 3.05) is 6.61 Å². The minimum atomic E-state index is -1.08. The molecule has 1 unspecified atom stereocenters. The molecular weight excluding hydrogens is 200 g/mol. The van der Waals surface area contributed by atoms with E-state index in [4.69, 9.17) is 14.6 Å². The molecule has 0 radical (unpaired) electrons. The Morgan fingerprint density at radius 2 is 1.87 bits per heavy atom. The number of hydrogen-bond donors (Lipinski definition) is 3. The van der Waals surface area contributed by atoms with Crippen LogP contribution in [0, 0.1) is 0 Å². The summed E-state index contributed by atoms with van der Waals surface area (Å²) in [6.45, 7) is 6.36. The zero-order valence-electron chi connectivity index (χ0n) is 8.96. The normalized spacial score (nSPS) is 33.7. The van der Waals surface area contributed by atoms with Crippen molar-refractivity contribution in [1.82, 2.24) is 0 Å². The van der Waals surface area contributed by atoms with Crippen molar-refractivity contribution >= 4 is 0 Å². The van der Waals surface area contributed by atoms with Gasteiger partial charge in [-0.05, 0) is 13.8 Å². The van der Waals surface area contributed by atoms with Gasteiger partial charge in [-0.25, -0.2) is 0 Å². The van der Waals surface area contributed by atoms with Crippen LogP contribution >= 0.6 is 0 Å². The van der Waals surface area contributed by atoms with Crippen molar-refractivity contribution < 1.29 is 24.8 Å². The molecule has 0 aromatic rings. The topological polar surface area (TPSA) is 79.2 Å². The molecule has 0 amide bonds. The van der Waals surface area contributed by atoms with E-state index in [2.05, 4.69) is 6.58 Å². The highest BCUT2D eigenvalue weighted by Crippen LogP contribution is 2.31. The summed E-state index contributed by atoms with van der Waals surface area (Å²) >= 11 is 0. The van der Waals surface area contributed by atoms with E-state index in [-0.39, 0.29) is 0 Å². The third kappa shape index (κ3) is 2.76. The van der Waals surface area contributed by atoms with Gasteiger partial charge in [0, 0.05) is 0 Å². The van der Waals surface area contributed by atoms with Crippen molar-refractivity contribution in [3.8, 4) is 0 Å².